The van der Waals surface area contributed by atoms with Gasteiger partial charge in [-0.15, -0.1) is 0 Å². The van der Waals surface area contributed by atoms with Crippen LogP contribution in [0.1, 0.15) is 11.7 Å². The summed E-state index contributed by atoms with van der Waals surface area (Å²) in [5, 5.41) is 0. The summed E-state index contributed by atoms with van der Waals surface area (Å²) in [7, 11) is 0. The van der Waals surface area contributed by atoms with E-state index >= 15 is 0 Å². The van der Waals surface area contributed by atoms with Gasteiger partial charge in [0.1, 0.15) is 6.10 Å². The zero-order valence-electron chi connectivity index (χ0n) is 5.68. The van der Waals surface area contributed by atoms with Crippen LogP contribution in [-0.4, -0.2) is 6.61 Å². The van der Waals surface area contributed by atoms with Gasteiger partial charge >= 0.3 is 0 Å². The molecule has 1 unspecified atom stereocenters. The molecule has 1 aromatic carbocycles. The van der Waals surface area contributed by atoms with Crippen molar-refractivity contribution in [2.75, 3.05) is 6.61 Å². The molecule has 2 rings (SSSR count). The van der Waals surface area contributed by atoms with Crippen LogP contribution in [0.25, 0.3) is 0 Å². The normalized spacial score (nSPS) is 21.8. The second-order valence-electron chi connectivity index (χ2n) is 2.46. The van der Waals surface area contributed by atoms with E-state index in [0.717, 1.165) is 15.6 Å². The molecule has 0 aliphatic carbocycles. The number of hydrogen-bond donors (Lipinski definition) is 0. The van der Waals surface area contributed by atoms with Gasteiger partial charge in [-0.25, -0.2) is 0 Å². The van der Waals surface area contributed by atoms with Crippen molar-refractivity contribution >= 4 is 31.9 Å². The molecule has 11 heavy (non-hydrogen) atoms. The van der Waals surface area contributed by atoms with Crippen molar-refractivity contribution in [2.24, 2.45) is 0 Å². The Hall–Kier alpha value is 0.140. The first-order chi connectivity index (χ1) is 5.29. The lowest BCUT2D eigenvalue weighted by Crippen LogP contribution is -1.84. The van der Waals surface area contributed by atoms with Gasteiger partial charge in [0.05, 0.1) is 6.61 Å². The SMILES string of the molecule is Brc1cccc(Br)c1C1CO1. The Morgan fingerprint density at radius 1 is 1.27 bits per heavy atom. The van der Waals surface area contributed by atoms with E-state index in [1.54, 1.807) is 0 Å². The zero-order valence-corrected chi connectivity index (χ0v) is 8.85. The van der Waals surface area contributed by atoms with Gasteiger partial charge in [0, 0.05) is 14.5 Å². The number of hydrogen-bond acceptors (Lipinski definition) is 1. The molecule has 1 atom stereocenters. The highest BCUT2D eigenvalue weighted by Gasteiger charge is 2.28. The van der Waals surface area contributed by atoms with E-state index in [9.17, 15) is 0 Å². The monoisotopic (exact) mass is 276 g/mol. The summed E-state index contributed by atoms with van der Waals surface area (Å²) in [6.07, 6.45) is 0.306. The van der Waals surface area contributed by atoms with Crippen LogP contribution in [0.3, 0.4) is 0 Å². The van der Waals surface area contributed by atoms with E-state index in [-0.39, 0.29) is 0 Å². The van der Waals surface area contributed by atoms with Gasteiger partial charge in [-0.05, 0) is 12.1 Å². The predicted octanol–water partition coefficient (Wildman–Crippen LogP) is 3.28. The first kappa shape index (κ1) is 7.77. The molecule has 1 nitrogen and oxygen atoms in total. The molecule has 1 aliphatic rings. The Morgan fingerprint density at radius 3 is 2.27 bits per heavy atom. The molecule has 0 amide bonds. The summed E-state index contributed by atoms with van der Waals surface area (Å²) in [5.41, 5.74) is 1.23. The second kappa shape index (κ2) is 2.88. The van der Waals surface area contributed by atoms with Crippen LogP contribution < -0.4 is 0 Å². The maximum atomic E-state index is 5.20. The molecule has 0 bridgehead atoms. The van der Waals surface area contributed by atoms with Crippen molar-refractivity contribution in [3.63, 3.8) is 0 Å². The quantitative estimate of drug-likeness (QED) is 0.718. The molecule has 1 aromatic rings. The predicted molar refractivity (Wildman–Crippen MR) is 50.5 cm³/mol. The van der Waals surface area contributed by atoms with Gasteiger partial charge in [-0.3, -0.25) is 0 Å². The summed E-state index contributed by atoms with van der Waals surface area (Å²) in [5.74, 6) is 0. The highest BCUT2D eigenvalue weighted by atomic mass is 79.9. The highest BCUT2D eigenvalue weighted by Crippen LogP contribution is 2.39. The molecule has 1 heterocycles. The van der Waals surface area contributed by atoms with Gasteiger partial charge in [-0.1, -0.05) is 37.9 Å². The summed E-state index contributed by atoms with van der Waals surface area (Å²) in [4.78, 5) is 0. The van der Waals surface area contributed by atoms with Crippen molar-refractivity contribution in [2.45, 2.75) is 6.10 Å². The van der Waals surface area contributed by atoms with E-state index in [2.05, 4.69) is 31.9 Å². The Balaban J connectivity index is 2.48. The fourth-order valence-electron chi connectivity index (χ4n) is 1.03. The fourth-order valence-corrected chi connectivity index (χ4v) is 2.54. The second-order valence-corrected chi connectivity index (χ2v) is 4.17. The molecule has 0 spiro atoms. The standard InChI is InChI=1S/C8H6Br2O/c9-5-2-1-3-6(10)8(5)7-4-11-7/h1-3,7H,4H2. The van der Waals surface area contributed by atoms with Gasteiger partial charge in [-0.2, -0.15) is 0 Å². The third-order valence-corrected chi connectivity index (χ3v) is 3.04. The van der Waals surface area contributed by atoms with Gasteiger partial charge in [0.15, 0.2) is 0 Å². The largest absolute Gasteiger partial charge is 0.368 e. The van der Waals surface area contributed by atoms with Crippen LogP contribution in [0.2, 0.25) is 0 Å². The molecule has 0 saturated carbocycles. The first-order valence-corrected chi connectivity index (χ1v) is 4.93. The lowest BCUT2D eigenvalue weighted by Gasteiger charge is -2.01. The van der Waals surface area contributed by atoms with E-state index in [0.29, 0.717) is 6.10 Å². The van der Waals surface area contributed by atoms with Crippen LogP contribution in [0, 0.1) is 0 Å². The molecule has 1 saturated heterocycles. The van der Waals surface area contributed by atoms with Gasteiger partial charge in [0.25, 0.3) is 0 Å². The van der Waals surface area contributed by atoms with E-state index in [1.165, 1.54) is 5.56 Å². The third-order valence-electron chi connectivity index (χ3n) is 1.66. The number of rotatable bonds is 1. The van der Waals surface area contributed by atoms with Crippen molar-refractivity contribution < 1.29 is 4.74 Å². The first-order valence-electron chi connectivity index (χ1n) is 3.34. The lowest BCUT2D eigenvalue weighted by atomic mass is 10.2. The van der Waals surface area contributed by atoms with E-state index < -0.39 is 0 Å². The molecular formula is C8H6Br2O. The zero-order chi connectivity index (χ0) is 7.84. The maximum Gasteiger partial charge on any atom is 0.108 e. The summed E-state index contributed by atoms with van der Waals surface area (Å²) < 4.78 is 7.44. The van der Waals surface area contributed by atoms with Crippen LogP contribution in [0.15, 0.2) is 27.1 Å². The Kier molecular flexibility index (Phi) is 2.04. The smallest absolute Gasteiger partial charge is 0.108 e. The summed E-state index contributed by atoms with van der Waals surface area (Å²) in [6, 6.07) is 6.06. The average molecular weight is 278 g/mol. The van der Waals surface area contributed by atoms with Crippen LogP contribution in [-0.2, 0) is 4.74 Å². The summed E-state index contributed by atoms with van der Waals surface area (Å²) >= 11 is 6.96. The number of benzene rings is 1. The van der Waals surface area contributed by atoms with Gasteiger partial charge in [0.2, 0.25) is 0 Å². The van der Waals surface area contributed by atoms with Gasteiger partial charge < -0.3 is 4.74 Å². The Morgan fingerprint density at radius 2 is 1.82 bits per heavy atom. The Bertz CT molecular complexity index is 261. The maximum absolute atomic E-state index is 5.20. The fraction of sp³-hybridized carbons (Fsp3) is 0.250. The molecule has 0 radical (unpaired) electrons. The highest BCUT2D eigenvalue weighted by molar-refractivity contribution is 9.11. The molecular weight excluding hydrogens is 272 g/mol. The Labute approximate surface area is 82.0 Å². The molecule has 3 heteroatoms. The van der Waals surface area contributed by atoms with Crippen molar-refractivity contribution in [1.29, 1.82) is 0 Å². The van der Waals surface area contributed by atoms with E-state index in [4.69, 9.17) is 4.74 Å². The lowest BCUT2D eigenvalue weighted by molar-refractivity contribution is 0.414. The minimum atomic E-state index is 0.306. The third kappa shape index (κ3) is 1.50. The molecule has 0 N–H and O–H groups in total. The van der Waals surface area contributed by atoms with Crippen LogP contribution >= 0.6 is 31.9 Å². The molecule has 58 valence electrons. The number of epoxide rings is 1. The average Bonchev–Trinajstić information content (AvgIpc) is 2.70. The van der Waals surface area contributed by atoms with Crippen LogP contribution in [0.5, 0.6) is 0 Å². The number of halogens is 2. The number of ether oxygens (including phenoxy) is 1. The van der Waals surface area contributed by atoms with Crippen molar-refractivity contribution in [3.05, 3.63) is 32.7 Å². The van der Waals surface area contributed by atoms with E-state index in [1.807, 2.05) is 18.2 Å². The molecule has 1 fully saturated rings. The topological polar surface area (TPSA) is 12.5 Å². The van der Waals surface area contributed by atoms with Crippen molar-refractivity contribution in [3.8, 4) is 0 Å². The minimum Gasteiger partial charge on any atom is -0.368 e. The molecule has 1 aliphatic heterocycles. The van der Waals surface area contributed by atoms with Crippen molar-refractivity contribution in [1.82, 2.24) is 0 Å². The summed E-state index contributed by atoms with van der Waals surface area (Å²) in [6.45, 7) is 0.848. The minimum absolute atomic E-state index is 0.306. The molecule has 0 aromatic heterocycles. The van der Waals surface area contributed by atoms with Crippen LogP contribution in [0.4, 0.5) is 0 Å².